The van der Waals surface area contributed by atoms with Crippen molar-refractivity contribution >= 4 is 11.6 Å². The van der Waals surface area contributed by atoms with Gasteiger partial charge in [0.1, 0.15) is 0 Å². The van der Waals surface area contributed by atoms with Crippen molar-refractivity contribution in [3.63, 3.8) is 0 Å². The predicted octanol–water partition coefficient (Wildman–Crippen LogP) is 2.09. The number of ether oxygens (including phenoxy) is 1. The molecule has 1 aliphatic rings. The molecule has 1 saturated carbocycles. The molecular weight excluding hydrogens is 276 g/mol. The van der Waals surface area contributed by atoms with E-state index in [2.05, 4.69) is 34.3 Å². The molecule has 0 unspecified atom stereocenters. The van der Waals surface area contributed by atoms with Gasteiger partial charge >= 0.3 is 0 Å². The number of benzene rings is 1. The Morgan fingerprint density at radius 2 is 2.23 bits per heavy atom. The molecule has 22 heavy (non-hydrogen) atoms. The Bertz CT molecular complexity index is 485. The van der Waals surface area contributed by atoms with Crippen molar-refractivity contribution in [2.75, 3.05) is 38.7 Å². The molecule has 0 heterocycles. The first-order chi connectivity index (χ1) is 10.7. The van der Waals surface area contributed by atoms with Gasteiger partial charge in [0, 0.05) is 31.9 Å². The van der Waals surface area contributed by atoms with Crippen LogP contribution >= 0.6 is 0 Å². The molecule has 0 spiro atoms. The number of methoxy groups -OCH3 is 1. The second-order valence-corrected chi connectivity index (χ2v) is 5.71. The van der Waals surface area contributed by atoms with Gasteiger partial charge in [-0.3, -0.25) is 9.89 Å². The topological polar surface area (TPSA) is 62.9 Å². The Morgan fingerprint density at radius 3 is 2.91 bits per heavy atom. The van der Waals surface area contributed by atoms with Gasteiger partial charge in [0.25, 0.3) is 0 Å². The molecule has 5 heteroatoms. The highest BCUT2D eigenvalue weighted by molar-refractivity contribution is 5.92. The van der Waals surface area contributed by atoms with E-state index in [1.807, 2.05) is 12.1 Å². The lowest BCUT2D eigenvalue weighted by atomic mass is 10.1. The average Bonchev–Trinajstić information content (AvgIpc) is 3.35. The molecule has 122 valence electrons. The molecule has 1 fully saturated rings. The summed E-state index contributed by atoms with van der Waals surface area (Å²) < 4.78 is 5.16. The molecule has 0 aliphatic heterocycles. The van der Waals surface area contributed by atoms with E-state index in [-0.39, 0.29) is 0 Å². The van der Waals surface area contributed by atoms with Crippen molar-refractivity contribution < 1.29 is 4.74 Å². The second kappa shape index (κ2) is 8.76. The number of nitrogens with zero attached hydrogens (tertiary/aromatic N) is 2. The summed E-state index contributed by atoms with van der Waals surface area (Å²) in [5.41, 5.74) is 8.26. The van der Waals surface area contributed by atoms with E-state index in [1.165, 1.54) is 18.4 Å². The SMILES string of the molecule is CCc1cccc(NC(N)=NCCN(CCOC)C2CC2)c1. The molecule has 1 aliphatic carbocycles. The summed E-state index contributed by atoms with van der Waals surface area (Å²) in [6, 6.07) is 8.99. The molecule has 1 aromatic carbocycles. The molecule has 0 radical (unpaired) electrons. The van der Waals surface area contributed by atoms with E-state index < -0.39 is 0 Å². The molecular formula is C17H28N4O. The Hall–Kier alpha value is -1.59. The third-order valence-corrected chi connectivity index (χ3v) is 3.92. The van der Waals surface area contributed by atoms with Crippen LogP contribution in [-0.4, -0.2) is 50.3 Å². The highest BCUT2D eigenvalue weighted by atomic mass is 16.5. The van der Waals surface area contributed by atoms with Crippen molar-refractivity contribution in [1.82, 2.24) is 4.90 Å². The van der Waals surface area contributed by atoms with Crippen LogP contribution in [0.4, 0.5) is 5.69 Å². The Labute approximate surface area is 133 Å². The van der Waals surface area contributed by atoms with Gasteiger partial charge in [-0.05, 0) is 37.0 Å². The normalized spacial score (nSPS) is 15.3. The molecule has 0 bridgehead atoms. The molecule has 0 aromatic heterocycles. The van der Waals surface area contributed by atoms with Gasteiger partial charge in [0.05, 0.1) is 13.2 Å². The lowest BCUT2D eigenvalue weighted by Crippen LogP contribution is -2.33. The zero-order valence-corrected chi connectivity index (χ0v) is 13.7. The van der Waals surface area contributed by atoms with Crippen LogP contribution in [0.2, 0.25) is 0 Å². The van der Waals surface area contributed by atoms with Crippen LogP contribution in [0, 0.1) is 0 Å². The lowest BCUT2D eigenvalue weighted by molar-refractivity contribution is 0.145. The summed E-state index contributed by atoms with van der Waals surface area (Å²) in [7, 11) is 1.75. The molecule has 3 N–H and O–H groups in total. The highest BCUT2D eigenvalue weighted by Gasteiger charge is 2.27. The van der Waals surface area contributed by atoms with Crippen molar-refractivity contribution in [2.24, 2.45) is 10.7 Å². The molecule has 0 atom stereocenters. The number of rotatable bonds is 9. The lowest BCUT2D eigenvalue weighted by Gasteiger charge is -2.20. The van der Waals surface area contributed by atoms with Crippen LogP contribution in [-0.2, 0) is 11.2 Å². The van der Waals surface area contributed by atoms with Crippen LogP contribution < -0.4 is 11.1 Å². The number of nitrogens with one attached hydrogen (secondary N) is 1. The maximum Gasteiger partial charge on any atom is 0.193 e. The molecule has 5 nitrogen and oxygen atoms in total. The first-order valence-electron chi connectivity index (χ1n) is 8.11. The third-order valence-electron chi connectivity index (χ3n) is 3.92. The van der Waals surface area contributed by atoms with Crippen LogP contribution in [0.1, 0.15) is 25.3 Å². The number of anilines is 1. The molecule has 0 saturated heterocycles. The maximum atomic E-state index is 5.97. The van der Waals surface area contributed by atoms with Crippen molar-refractivity contribution in [3.05, 3.63) is 29.8 Å². The van der Waals surface area contributed by atoms with Gasteiger partial charge in [-0.2, -0.15) is 0 Å². The van der Waals surface area contributed by atoms with Crippen LogP contribution in [0.25, 0.3) is 0 Å². The number of nitrogens with two attached hydrogens (primary N) is 1. The summed E-state index contributed by atoms with van der Waals surface area (Å²) in [5.74, 6) is 0.482. The number of aliphatic imine (C=N–C) groups is 1. The zero-order chi connectivity index (χ0) is 15.8. The zero-order valence-electron chi connectivity index (χ0n) is 13.7. The average molecular weight is 304 g/mol. The second-order valence-electron chi connectivity index (χ2n) is 5.71. The van der Waals surface area contributed by atoms with Crippen molar-refractivity contribution in [3.8, 4) is 0 Å². The fraction of sp³-hybridized carbons (Fsp3) is 0.588. The smallest absolute Gasteiger partial charge is 0.193 e. The predicted molar refractivity (Wildman–Crippen MR) is 92.4 cm³/mol. The Kier molecular flexibility index (Phi) is 6.68. The number of aryl methyl sites for hydroxylation is 1. The van der Waals surface area contributed by atoms with E-state index in [4.69, 9.17) is 10.5 Å². The molecule has 0 amide bonds. The summed E-state index contributed by atoms with van der Waals surface area (Å²) in [5, 5.41) is 3.16. The minimum atomic E-state index is 0.482. The number of guanidine groups is 1. The summed E-state index contributed by atoms with van der Waals surface area (Å²) in [4.78, 5) is 6.88. The fourth-order valence-corrected chi connectivity index (χ4v) is 2.48. The molecule has 1 aromatic rings. The van der Waals surface area contributed by atoms with E-state index in [1.54, 1.807) is 7.11 Å². The van der Waals surface area contributed by atoms with Gasteiger partial charge < -0.3 is 15.8 Å². The van der Waals surface area contributed by atoms with E-state index in [9.17, 15) is 0 Å². The molecule has 2 rings (SSSR count). The van der Waals surface area contributed by atoms with Gasteiger partial charge in [0.2, 0.25) is 0 Å². The quantitative estimate of drug-likeness (QED) is 0.542. The first-order valence-corrected chi connectivity index (χ1v) is 8.11. The summed E-state index contributed by atoms with van der Waals surface area (Å²) in [6.45, 7) is 5.54. The monoisotopic (exact) mass is 304 g/mol. The van der Waals surface area contributed by atoms with Crippen LogP contribution in [0.3, 0.4) is 0 Å². The van der Waals surface area contributed by atoms with Crippen LogP contribution in [0.5, 0.6) is 0 Å². The van der Waals surface area contributed by atoms with E-state index in [0.717, 1.165) is 37.8 Å². The standard InChI is InChI=1S/C17H28N4O/c1-3-14-5-4-6-15(13-14)20-17(18)19-9-10-21(11-12-22-2)16-7-8-16/h4-6,13,16H,3,7-12H2,1-2H3,(H3,18,19,20). The van der Waals surface area contributed by atoms with E-state index >= 15 is 0 Å². The fourth-order valence-electron chi connectivity index (χ4n) is 2.48. The minimum Gasteiger partial charge on any atom is -0.383 e. The Balaban J connectivity index is 1.78. The van der Waals surface area contributed by atoms with Gasteiger partial charge in [-0.15, -0.1) is 0 Å². The summed E-state index contributed by atoms with van der Waals surface area (Å²) >= 11 is 0. The Morgan fingerprint density at radius 1 is 1.41 bits per heavy atom. The van der Waals surface area contributed by atoms with E-state index in [0.29, 0.717) is 12.5 Å². The van der Waals surface area contributed by atoms with Gasteiger partial charge in [0.15, 0.2) is 5.96 Å². The summed E-state index contributed by atoms with van der Waals surface area (Å²) in [6.07, 6.45) is 3.61. The first kappa shape index (κ1) is 16.8. The number of hydrogen-bond acceptors (Lipinski definition) is 3. The number of hydrogen-bond donors (Lipinski definition) is 2. The minimum absolute atomic E-state index is 0.482. The van der Waals surface area contributed by atoms with Crippen LogP contribution in [0.15, 0.2) is 29.3 Å². The van der Waals surface area contributed by atoms with Crippen molar-refractivity contribution in [2.45, 2.75) is 32.2 Å². The van der Waals surface area contributed by atoms with Crippen molar-refractivity contribution in [1.29, 1.82) is 0 Å². The van der Waals surface area contributed by atoms with Gasteiger partial charge in [-0.25, -0.2) is 0 Å². The van der Waals surface area contributed by atoms with Gasteiger partial charge in [-0.1, -0.05) is 19.1 Å². The third kappa shape index (κ3) is 5.66. The largest absolute Gasteiger partial charge is 0.383 e. The highest BCUT2D eigenvalue weighted by Crippen LogP contribution is 2.26. The maximum absolute atomic E-state index is 5.97.